The number of hydrogen-bond acceptors (Lipinski definition) is 7. The average molecular weight is 468 g/mol. The zero-order chi connectivity index (χ0) is 19.6. The van der Waals surface area contributed by atoms with Crippen LogP contribution in [0.4, 0.5) is 0 Å². The van der Waals surface area contributed by atoms with Gasteiger partial charge in [-0.3, -0.25) is 0 Å². The van der Waals surface area contributed by atoms with Gasteiger partial charge in [0, 0.05) is 15.9 Å². The number of aliphatic imine (C=N–C) groups is 1. The second kappa shape index (κ2) is 6.55. The highest BCUT2D eigenvalue weighted by Crippen LogP contribution is 2.56. The minimum Gasteiger partial charge on any atom is -0.235 e. The van der Waals surface area contributed by atoms with Gasteiger partial charge in [0.2, 0.25) is 9.84 Å². The van der Waals surface area contributed by atoms with Gasteiger partial charge in [-0.25, -0.2) is 13.4 Å². The van der Waals surface area contributed by atoms with E-state index < -0.39 is 17.9 Å². The number of nitrogens with zero attached hydrogens (tertiary/aromatic N) is 1. The van der Waals surface area contributed by atoms with Crippen LogP contribution in [0.1, 0.15) is 11.1 Å². The predicted molar refractivity (Wildman–Crippen MR) is 123 cm³/mol. The molecule has 0 radical (unpaired) electrons. The number of isothiocyanates is 1. The zero-order valence-corrected chi connectivity index (χ0v) is 20.3. The maximum absolute atomic E-state index is 13.1. The van der Waals surface area contributed by atoms with Crippen LogP contribution in [0.15, 0.2) is 32.3 Å². The molecule has 0 fully saturated rings. The first-order valence-electron chi connectivity index (χ1n) is 8.29. The van der Waals surface area contributed by atoms with E-state index in [1.165, 1.54) is 15.8 Å². The van der Waals surface area contributed by atoms with Gasteiger partial charge >= 0.3 is 0 Å². The normalized spacial score (nSPS) is 14.7. The Bertz CT molecular complexity index is 1220. The van der Waals surface area contributed by atoms with Crippen LogP contribution in [0.3, 0.4) is 0 Å². The number of sulfone groups is 1. The lowest BCUT2D eigenvalue weighted by molar-refractivity contribution is 0.598. The van der Waals surface area contributed by atoms with Crippen molar-refractivity contribution in [3.05, 3.63) is 28.6 Å². The maximum Gasteiger partial charge on any atom is 0.210 e. The Morgan fingerprint density at radius 2 is 1.85 bits per heavy atom. The van der Waals surface area contributed by atoms with Crippen molar-refractivity contribution in [3.8, 4) is 19.5 Å². The molecule has 3 nitrogen and oxygen atoms in total. The van der Waals surface area contributed by atoms with E-state index in [4.69, 9.17) is 12.2 Å². The van der Waals surface area contributed by atoms with Gasteiger partial charge < -0.3 is 0 Å². The highest BCUT2D eigenvalue weighted by molar-refractivity contribution is 7.92. The molecule has 1 aliphatic heterocycles. The first-order chi connectivity index (χ1) is 12.7. The van der Waals surface area contributed by atoms with Crippen LogP contribution in [0.5, 0.6) is 0 Å². The van der Waals surface area contributed by atoms with Crippen molar-refractivity contribution in [1.29, 1.82) is 0 Å². The van der Waals surface area contributed by atoms with E-state index >= 15 is 0 Å². The molecule has 0 amide bonds. The molecule has 3 aromatic rings. The molecule has 0 unspecified atom stereocenters. The molecule has 3 aromatic heterocycles. The molecule has 1 aliphatic rings. The summed E-state index contributed by atoms with van der Waals surface area (Å²) in [7, 11) is -5.11. The molecule has 0 atom stereocenters. The summed E-state index contributed by atoms with van der Waals surface area (Å²) in [5, 5.41) is 4.41. The Balaban J connectivity index is 1.83. The molecule has 0 aliphatic carbocycles. The number of thiocarbonyl (C=S) groups is 1. The molecular weight excluding hydrogens is 451 g/mol. The van der Waals surface area contributed by atoms with Crippen LogP contribution in [-0.2, 0) is 9.84 Å². The summed E-state index contributed by atoms with van der Waals surface area (Å²) in [5.74, 6) is 0. The third-order valence-corrected chi connectivity index (χ3v) is 15.3. The molecule has 0 aromatic carbocycles. The van der Waals surface area contributed by atoms with Crippen LogP contribution in [-0.4, -0.2) is 27.8 Å². The Hall–Kier alpha value is -0.933. The predicted octanol–water partition coefficient (Wildman–Crippen LogP) is 5.53. The van der Waals surface area contributed by atoms with Crippen LogP contribution in [0, 0.1) is 13.8 Å². The molecule has 27 heavy (non-hydrogen) atoms. The first-order valence-corrected chi connectivity index (χ1v) is 15.9. The van der Waals surface area contributed by atoms with Gasteiger partial charge in [0.1, 0.15) is 8.07 Å². The first kappa shape index (κ1) is 19.4. The van der Waals surface area contributed by atoms with E-state index in [1.54, 1.807) is 22.7 Å². The number of thiophene rings is 3. The second-order valence-corrected chi connectivity index (χ2v) is 17.2. The third-order valence-electron chi connectivity index (χ3n) is 4.79. The fraction of sp³-hybridized carbons (Fsp3) is 0.278. The summed E-state index contributed by atoms with van der Waals surface area (Å²) in [6, 6.07) is 4.29. The molecule has 9 heteroatoms. The van der Waals surface area contributed by atoms with E-state index in [1.807, 2.05) is 19.2 Å². The second-order valence-electron chi connectivity index (χ2n) is 7.25. The lowest BCUT2D eigenvalue weighted by Crippen LogP contribution is -2.42. The van der Waals surface area contributed by atoms with E-state index in [0.717, 1.165) is 36.8 Å². The number of rotatable bonds is 4. The highest BCUT2D eigenvalue weighted by atomic mass is 32.2. The Morgan fingerprint density at radius 1 is 1.11 bits per heavy atom. The molecule has 140 valence electrons. The lowest BCUT2D eigenvalue weighted by atomic mass is 10.2. The maximum atomic E-state index is 13.1. The van der Waals surface area contributed by atoms with Crippen LogP contribution in [0.25, 0.3) is 19.5 Å². The Morgan fingerprint density at radius 3 is 2.56 bits per heavy atom. The Labute approximate surface area is 177 Å². The van der Waals surface area contributed by atoms with Gasteiger partial charge in [-0.1, -0.05) is 19.2 Å². The fourth-order valence-electron chi connectivity index (χ4n) is 3.36. The van der Waals surface area contributed by atoms with Crippen molar-refractivity contribution < 1.29 is 8.42 Å². The summed E-state index contributed by atoms with van der Waals surface area (Å²) in [6.07, 6.45) is 0.725. The van der Waals surface area contributed by atoms with Crippen molar-refractivity contribution in [2.75, 3.05) is 6.17 Å². The standard InChI is InChI=1S/C18H17NO2S5Si/c1-10-7-23-15-16-18(26(20,21)17(10)15)11(2)14(25-16)12-5-6-13(24-12)27(3,4)9-19-8-22/h5-7H,9H2,1-4H3. The third kappa shape index (κ3) is 2.88. The summed E-state index contributed by atoms with van der Waals surface area (Å²) >= 11 is 9.61. The van der Waals surface area contributed by atoms with Crippen LogP contribution < -0.4 is 4.50 Å². The van der Waals surface area contributed by atoms with Crippen molar-refractivity contribution >= 4 is 73.8 Å². The minimum absolute atomic E-state index is 0.516. The molecular formula is C18H17NO2S5Si. The van der Waals surface area contributed by atoms with Crippen molar-refractivity contribution in [1.82, 2.24) is 0 Å². The fourth-order valence-corrected chi connectivity index (χ4v) is 12.6. The van der Waals surface area contributed by atoms with Crippen molar-refractivity contribution in [2.45, 2.75) is 36.7 Å². The topological polar surface area (TPSA) is 46.5 Å². The van der Waals surface area contributed by atoms with Gasteiger partial charge in [-0.05, 0) is 53.1 Å². The van der Waals surface area contributed by atoms with Crippen LogP contribution >= 0.6 is 46.2 Å². The number of hydrogen-bond donors (Lipinski definition) is 0. The van der Waals surface area contributed by atoms with E-state index in [0.29, 0.717) is 9.79 Å². The molecule has 0 saturated heterocycles. The van der Waals surface area contributed by atoms with E-state index in [2.05, 4.69) is 35.4 Å². The average Bonchev–Trinajstić information content (AvgIpc) is 3.32. The SMILES string of the molecule is Cc1csc2c1S(=O)(=O)c1c-2sc(-c2ccc([Si](C)(C)CN=C=S)s2)c1C. The molecule has 0 N–H and O–H groups in total. The van der Waals surface area contributed by atoms with Gasteiger partial charge in [0.25, 0.3) is 0 Å². The Kier molecular flexibility index (Phi) is 4.71. The van der Waals surface area contributed by atoms with Gasteiger partial charge in [-0.15, -0.1) is 34.0 Å². The van der Waals surface area contributed by atoms with Crippen LogP contribution in [0.2, 0.25) is 13.1 Å². The number of fused-ring (bicyclic) bond motifs is 3. The number of aryl methyl sites for hydroxylation is 1. The van der Waals surface area contributed by atoms with Gasteiger partial charge in [0.05, 0.1) is 24.7 Å². The highest BCUT2D eigenvalue weighted by Gasteiger charge is 2.40. The lowest BCUT2D eigenvalue weighted by Gasteiger charge is -2.16. The molecule has 0 spiro atoms. The quantitative estimate of drug-likeness (QED) is 0.225. The molecule has 4 heterocycles. The summed E-state index contributed by atoms with van der Waals surface area (Å²) < 4.78 is 27.5. The van der Waals surface area contributed by atoms with Gasteiger partial charge in [0.15, 0.2) is 0 Å². The molecule has 4 rings (SSSR count). The van der Waals surface area contributed by atoms with E-state index in [-0.39, 0.29) is 0 Å². The summed E-state index contributed by atoms with van der Waals surface area (Å²) in [6.45, 7) is 8.35. The summed E-state index contributed by atoms with van der Waals surface area (Å²) in [5.41, 5.74) is 1.73. The van der Waals surface area contributed by atoms with Gasteiger partial charge in [-0.2, -0.15) is 0 Å². The molecule has 0 bridgehead atoms. The summed E-state index contributed by atoms with van der Waals surface area (Å²) in [4.78, 5) is 9.22. The smallest absolute Gasteiger partial charge is 0.210 e. The minimum atomic E-state index is -3.40. The van der Waals surface area contributed by atoms with E-state index in [9.17, 15) is 8.42 Å². The molecule has 0 saturated carbocycles. The monoisotopic (exact) mass is 467 g/mol. The largest absolute Gasteiger partial charge is 0.235 e. The zero-order valence-electron chi connectivity index (χ0n) is 15.2. The van der Waals surface area contributed by atoms with Crippen molar-refractivity contribution in [3.63, 3.8) is 0 Å². The van der Waals surface area contributed by atoms with Crippen molar-refractivity contribution in [2.24, 2.45) is 4.99 Å².